The summed E-state index contributed by atoms with van der Waals surface area (Å²) in [4.78, 5) is 14.9. The fourth-order valence-corrected chi connectivity index (χ4v) is 4.36. The number of anilines is 1. The number of hydrogen-bond donors (Lipinski definition) is 0. The first kappa shape index (κ1) is 20.0. The summed E-state index contributed by atoms with van der Waals surface area (Å²) in [5.74, 6) is 0.654. The minimum Gasteiger partial charge on any atom is -0.369 e. The van der Waals surface area contributed by atoms with Gasteiger partial charge < -0.3 is 4.90 Å². The molecule has 1 aromatic heterocycles. The number of nitrogens with zero attached hydrogens (tertiary/aromatic N) is 3. The average Bonchev–Trinajstić information content (AvgIpc) is 2.75. The Labute approximate surface area is 180 Å². The van der Waals surface area contributed by atoms with E-state index in [-0.39, 0.29) is 10.6 Å². The van der Waals surface area contributed by atoms with Crippen LogP contribution in [0, 0.1) is 5.92 Å². The van der Waals surface area contributed by atoms with E-state index >= 15 is 0 Å². The Hall–Kier alpha value is -2.30. The maximum Gasteiger partial charge on any atom is 0.287 e. The molecule has 1 saturated heterocycles. The lowest BCUT2D eigenvalue weighted by Crippen LogP contribution is -2.36. The number of rotatable bonds is 5. The topological polar surface area (TPSA) is 38.1 Å². The van der Waals surface area contributed by atoms with Gasteiger partial charge in [-0.25, -0.2) is 4.68 Å². The summed E-state index contributed by atoms with van der Waals surface area (Å²) < 4.78 is 1.37. The quantitative estimate of drug-likeness (QED) is 0.571. The molecule has 0 saturated carbocycles. The molecule has 0 aliphatic carbocycles. The summed E-state index contributed by atoms with van der Waals surface area (Å²) in [7, 11) is 0. The smallest absolute Gasteiger partial charge is 0.287 e. The molecule has 1 fully saturated rings. The van der Waals surface area contributed by atoms with Gasteiger partial charge in [0.2, 0.25) is 0 Å². The third-order valence-electron chi connectivity index (χ3n) is 5.57. The van der Waals surface area contributed by atoms with Crippen LogP contribution in [0.25, 0.3) is 0 Å². The largest absolute Gasteiger partial charge is 0.369 e. The molecule has 0 N–H and O–H groups in total. The van der Waals surface area contributed by atoms with Gasteiger partial charge in [-0.1, -0.05) is 71.7 Å². The van der Waals surface area contributed by atoms with Crippen LogP contribution >= 0.6 is 23.2 Å². The van der Waals surface area contributed by atoms with Gasteiger partial charge in [-0.2, -0.15) is 5.10 Å². The molecule has 150 valence electrons. The van der Waals surface area contributed by atoms with Crippen molar-refractivity contribution in [2.45, 2.75) is 25.8 Å². The molecule has 0 radical (unpaired) electrons. The number of aromatic nitrogens is 2. The zero-order chi connectivity index (χ0) is 20.2. The molecule has 4 nitrogen and oxygen atoms in total. The summed E-state index contributed by atoms with van der Waals surface area (Å²) in [6.45, 7) is 2.07. The Kier molecular flexibility index (Phi) is 6.22. The summed E-state index contributed by atoms with van der Waals surface area (Å²) in [6.07, 6.45) is 4.96. The van der Waals surface area contributed by atoms with Gasteiger partial charge >= 0.3 is 0 Å². The van der Waals surface area contributed by atoms with E-state index in [1.165, 1.54) is 10.2 Å². The SMILES string of the molecule is O=c1c(Cl)c(N2CCC(Cc3ccccc3)CC2)cnn1Cc1ccccc1Cl. The Morgan fingerprint density at radius 2 is 1.66 bits per heavy atom. The van der Waals surface area contributed by atoms with Crippen LogP contribution in [0.3, 0.4) is 0 Å². The molecule has 0 amide bonds. The van der Waals surface area contributed by atoms with Crippen molar-refractivity contribution in [2.75, 3.05) is 18.0 Å². The summed E-state index contributed by atoms with van der Waals surface area (Å²) in [6, 6.07) is 18.0. The second-order valence-electron chi connectivity index (χ2n) is 7.52. The van der Waals surface area contributed by atoms with Gasteiger partial charge in [-0.3, -0.25) is 4.79 Å². The van der Waals surface area contributed by atoms with Gasteiger partial charge in [0.05, 0.1) is 18.4 Å². The lowest BCUT2D eigenvalue weighted by atomic mass is 9.90. The van der Waals surface area contributed by atoms with Crippen molar-refractivity contribution in [3.63, 3.8) is 0 Å². The van der Waals surface area contributed by atoms with Crippen molar-refractivity contribution in [3.05, 3.63) is 92.3 Å². The highest BCUT2D eigenvalue weighted by molar-refractivity contribution is 6.33. The number of halogens is 2. The molecule has 0 bridgehead atoms. The first-order valence-electron chi connectivity index (χ1n) is 9.89. The highest BCUT2D eigenvalue weighted by Gasteiger charge is 2.23. The summed E-state index contributed by atoms with van der Waals surface area (Å²) >= 11 is 12.7. The van der Waals surface area contributed by atoms with Crippen LogP contribution in [0.1, 0.15) is 24.0 Å². The molecule has 29 heavy (non-hydrogen) atoms. The van der Waals surface area contributed by atoms with Crippen molar-refractivity contribution in [2.24, 2.45) is 5.92 Å². The van der Waals surface area contributed by atoms with Gasteiger partial charge in [0.15, 0.2) is 0 Å². The van der Waals surface area contributed by atoms with E-state index in [2.05, 4.69) is 40.3 Å². The zero-order valence-electron chi connectivity index (χ0n) is 16.1. The predicted molar refractivity (Wildman–Crippen MR) is 119 cm³/mol. The molecule has 6 heteroatoms. The number of benzene rings is 2. The Balaban J connectivity index is 1.44. The zero-order valence-corrected chi connectivity index (χ0v) is 17.6. The standard InChI is InChI=1S/C23H23Cl2N3O/c24-20-9-5-4-8-19(20)16-28-23(29)22(25)21(15-26-28)27-12-10-18(11-13-27)14-17-6-2-1-3-7-17/h1-9,15,18H,10-14,16H2. The van der Waals surface area contributed by atoms with Crippen LogP contribution in [0.15, 0.2) is 65.6 Å². The van der Waals surface area contributed by atoms with Crippen LogP contribution in [-0.4, -0.2) is 22.9 Å². The van der Waals surface area contributed by atoms with Gasteiger partial charge in [-0.05, 0) is 42.4 Å². The molecule has 2 heterocycles. The third-order valence-corrected chi connectivity index (χ3v) is 6.29. The molecular weight excluding hydrogens is 405 g/mol. The van der Waals surface area contributed by atoms with E-state index < -0.39 is 0 Å². The first-order valence-corrected chi connectivity index (χ1v) is 10.7. The minimum atomic E-state index is -0.282. The summed E-state index contributed by atoms with van der Waals surface area (Å²) in [5.41, 5.74) is 2.67. The third kappa shape index (κ3) is 4.65. The van der Waals surface area contributed by atoms with E-state index in [9.17, 15) is 4.79 Å². The van der Waals surface area contributed by atoms with Crippen molar-refractivity contribution in [3.8, 4) is 0 Å². The van der Waals surface area contributed by atoms with Crippen LogP contribution in [0.4, 0.5) is 5.69 Å². The molecular formula is C23H23Cl2N3O. The fraction of sp³-hybridized carbons (Fsp3) is 0.304. The van der Waals surface area contributed by atoms with Crippen molar-refractivity contribution in [1.29, 1.82) is 0 Å². The molecule has 0 unspecified atom stereocenters. The first-order chi connectivity index (χ1) is 14.1. The minimum absolute atomic E-state index is 0.230. The molecule has 3 aromatic rings. The summed E-state index contributed by atoms with van der Waals surface area (Å²) in [5, 5.41) is 5.20. The molecule has 1 aliphatic heterocycles. The molecule has 0 atom stereocenters. The number of piperidine rings is 1. The fourth-order valence-electron chi connectivity index (χ4n) is 3.90. The Morgan fingerprint density at radius 1 is 0.966 bits per heavy atom. The normalized spacial score (nSPS) is 14.9. The van der Waals surface area contributed by atoms with Gasteiger partial charge in [0, 0.05) is 18.1 Å². The molecule has 4 rings (SSSR count). The predicted octanol–water partition coefficient (Wildman–Crippen LogP) is 5.06. The lowest BCUT2D eigenvalue weighted by Gasteiger charge is -2.33. The second-order valence-corrected chi connectivity index (χ2v) is 8.30. The monoisotopic (exact) mass is 427 g/mol. The Bertz CT molecular complexity index is 1030. The second kappa shape index (κ2) is 9.02. The van der Waals surface area contributed by atoms with Gasteiger partial charge in [-0.15, -0.1) is 0 Å². The maximum absolute atomic E-state index is 12.8. The number of hydrogen-bond acceptors (Lipinski definition) is 3. The van der Waals surface area contributed by atoms with E-state index in [0.29, 0.717) is 17.5 Å². The van der Waals surface area contributed by atoms with Crippen LogP contribution in [-0.2, 0) is 13.0 Å². The Morgan fingerprint density at radius 3 is 2.38 bits per heavy atom. The van der Waals surface area contributed by atoms with E-state index in [0.717, 1.165) is 43.6 Å². The molecule has 1 aliphatic rings. The van der Waals surface area contributed by atoms with Crippen molar-refractivity contribution >= 4 is 28.9 Å². The highest BCUT2D eigenvalue weighted by Crippen LogP contribution is 2.28. The van der Waals surface area contributed by atoms with Gasteiger partial charge in [0.1, 0.15) is 5.02 Å². The highest BCUT2D eigenvalue weighted by atomic mass is 35.5. The lowest BCUT2D eigenvalue weighted by molar-refractivity contribution is 0.403. The van der Waals surface area contributed by atoms with Crippen LogP contribution in [0.2, 0.25) is 10.0 Å². The van der Waals surface area contributed by atoms with Crippen molar-refractivity contribution in [1.82, 2.24) is 9.78 Å². The van der Waals surface area contributed by atoms with E-state index in [1.54, 1.807) is 12.3 Å². The van der Waals surface area contributed by atoms with E-state index in [1.807, 2.05) is 18.2 Å². The molecule has 0 spiro atoms. The van der Waals surface area contributed by atoms with E-state index in [4.69, 9.17) is 23.2 Å². The van der Waals surface area contributed by atoms with Crippen LogP contribution in [0.5, 0.6) is 0 Å². The van der Waals surface area contributed by atoms with Crippen LogP contribution < -0.4 is 10.5 Å². The van der Waals surface area contributed by atoms with Gasteiger partial charge in [0.25, 0.3) is 5.56 Å². The molecule has 2 aromatic carbocycles. The average molecular weight is 428 g/mol. The maximum atomic E-state index is 12.8. The van der Waals surface area contributed by atoms with Crippen molar-refractivity contribution < 1.29 is 0 Å².